The highest BCUT2D eigenvalue weighted by Gasteiger charge is 2.27. The number of aromatic nitrogens is 1. The summed E-state index contributed by atoms with van der Waals surface area (Å²) in [5.74, 6) is 0.777. The van der Waals surface area contributed by atoms with E-state index in [2.05, 4.69) is 20.4 Å². The SMILES string of the molecule is C=CC(=O)OCN(/N=C/c1cc(OCC2CCC(OC(=O)c3ccc(CCC)cc3)CC2)ccc1OCC1CCC(OC(=O)c2ccc(CCC)cc2)CC1)c1nc2ccccc2s1. The van der Waals surface area contributed by atoms with Crippen molar-refractivity contribution in [3.8, 4) is 11.5 Å². The number of hydrogen-bond donors (Lipinski definition) is 0. The van der Waals surface area contributed by atoms with Crippen LogP contribution in [0.1, 0.15) is 115 Å². The van der Waals surface area contributed by atoms with E-state index in [-0.39, 0.29) is 36.8 Å². The van der Waals surface area contributed by atoms with Crippen LogP contribution in [0.15, 0.2) is 109 Å². The van der Waals surface area contributed by atoms with Gasteiger partial charge in [-0.3, -0.25) is 0 Å². The van der Waals surface area contributed by atoms with Crippen LogP contribution in [0.5, 0.6) is 11.5 Å². The van der Waals surface area contributed by atoms with Crippen molar-refractivity contribution < 1.29 is 38.1 Å². The molecule has 0 bridgehead atoms. The van der Waals surface area contributed by atoms with Gasteiger partial charge >= 0.3 is 17.9 Å². The maximum absolute atomic E-state index is 12.9. The van der Waals surface area contributed by atoms with Crippen LogP contribution in [-0.2, 0) is 31.8 Å². The van der Waals surface area contributed by atoms with Gasteiger partial charge in [0.1, 0.15) is 23.7 Å². The Hall–Kier alpha value is -6.01. The second kappa shape index (κ2) is 23.1. The van der Waals surface area contributed by atoms with Crippen LogP contribution >= 0.6 is 11.3 Å². The highest BCUT2D eigenvalue weighted by Crippen LogP contribution is 2.33. The third kappa shape index (κ3) is 13.0. The van der Waals surface area contributed by atoms with E-state index in [1.54, 1.807) is 6.21 Å². The Kier molecular flexibility index (Phi) is 16.6. The maximum Gasteiger partial charge on any atom is 0.338 e. The number of carbonyl (C=O) groups is 3. The number of aryl methyl sites for hydroxylation is 2. The van der Waals surface area contributed by atoms with Gasteiger partial charge in [0, 0.05) is 11.6 Å². The third-order valence-corrected chi connectivity index (χ3v) is 12.9. The molecule has 1 aromatic heterocycles. The molecule has 2 fully saturated rings. The van der Waals surface area contributed by atoms with Gasteiger partial charge in [0.2, 0.25) is 5.13 Å². The van der Waals surface area contributed by atoms with Gasteiger partial charge < -0.3 is 23.7 Å². The van der Waals surface area contributed by atoms with Gasteiger partial charge in [0.05, 0.1) is 40.8 Å². The molecule has 4 aromatic carbocycles. The Morgan fingerprint density at radius 2 is 1.30 bits per heavy atom. The number of carbonyl (C=O) groups excluding carboxylic acids is 3. The Labute approximate surface area is 380 Å². The average molecular weight is 886 g/mol. The van der Waals surface area contributed by atoms with Gasteiger partial charge in [-0.15, -0.1) is 0 Å². The molecule has 1 heterocycles. The van der Waals surface area contributed by atoms with Crippen molar-refractivity contribution in [2.75, 3.05) is 25.0 Å². The molecule has 2 aliphatic rings. The van der Waals surface area contributed by atoms with Crippen molar-refractivity contribution in [3.05, 3.63) is 131 Å². The average Bonchev–Trinajstić information content (AvgIpc) is 3.76. The molecule has 0 unspecified atom stereocenters. The molecule has 336 valence electrons. The van der Waals surface area contributed by atoms with Crippen LogP contribution in [-0.4, -0.2) is 61.3 Å². The Morgan fingerprint density at radius 3 is 1.84 bits per heavy atom. The van der Waals surface area contributed by atoms with Gasteiger partial charge in [-0.05, 0) is 142 Å². The summed E-state index contributed by atoms with van der Waals surface area (Å²) in [5, 5.41) is 6.87. The van der Waals surface area contributed by atoms with Crippen LogP contribution in [0.4, 0.5) is 5.13 Å². The van der Waals surface area contributed by atoms with Gasteiger partial charge in [0.15, 0.2) is 6.73 Å². The molecular formula is C52H59N3O8S. The van der Waals surface area contributed by atoms with Crippen LogP contribution in [0.25, 0.3) is 10.2 Å². The predicted octanol–water partition coefficient (Wildman–Crippen LogP) is 11.3. The second-order valence-electron chi connectivity index (χ2n) is 16.7. The number of fused-ring (bicyclic) bond motifs is 1. The smallest absolute Gasteiger partial charge is 0.338 e. The number of benzene rings is 4. The zero-order chi connectivity index (χ0) is 44.7. The Balaban J connectivity index is 0.983. The minimum atomic E-state index is -0.574. The number of nitrogens with zero attached hydrogens (tertiary/aromatic N) is 3. The lowest BCUT2D eigenvalue weighted by molar-refractivity contribution is -0.137. The molecule has 0 saturated heterocycles. The fourth-order valence-corrected chi connectivity index (χ4v) is 9.07. The molecule has 2 saturated carbocycles. The largest absolute Gasteiger partial charge is 0.493 e. The summed E-state index contributed by atoms with van der Waals surface area (Å²) >= 11 is 1.44. The zero-order valence-corrected chi connectivity index (χ0v) is 37.8. The lowest BCUT2D eigenvalue weighted by Gasteiger charge is -2.29. The molecule has 0 spiro atoms. The van der Waals surface area contributed by atoms with Crippen LogP contribution in [0, 0.1) is 11.8 Å². The molecule has 0 amide bonds. The monoisotopic (exact) mass is 885 g/mol. The first kappa shape index (κ1) is 46.0. The normalized spacial score (nSPS) is 18.6. The highest BCUT2D eigenvalue weighted by atomic mass is 32.1. The van der Waals surface area contributed by atoms with Gasteiger partial charge in [0.25, 0.3) is 0 Å². The maximum atomic E-state index is 12.9. The lowest BCUT2D eigenvalue weighted by Crippen LogP contribution is -2.27. The molecule has 0 aliphatic heterocycles. The lowest BCUT2D eigenvalue weighted by atomic mass is 9.88. The van der Waals surface area contributed by atoms with Crippen molar-refractivity contribution in [2.45, 2.75) is 103 Å². The third-order valence-electron chi connectivity index (χ3n) is 11.9. The molecule has 2 aliphatic carbocycles. The quantitative estimate of drug-likeness (QED) is 0.0186. The van der Waals surface area contributed by atoms with E-state index in [0.29, 0.717) is 52.5 Å². The minimum Gasteiger partial charge on any atom is -0.493 e. The van der Waals surface area contributed by atoms with Gasteiger partial charge in [-0.1, -0.05) is 81.0 Å². The van der Waals surface area contributed by atoms with Crippen molar-refractivity contribution in [1.82, 2.24) is 4.98 Å². The molecule has 11 nitrogen and oxygen atoms in total. The van der Waals surface area contributed by atoms with Crippen molar-refractivity contribution in [2.24, 2.45) is 16.9 Å². The number of para-hydroxylation sites is 1. The van der Waals surface area contributed by atoms with Gasteiger partial charge in [-0.2, -0.15) is 5.10 Å². The molecule has 7 rings (SSSR count). The topological polar surface area (TPSA) is 126 Å². The summed E-state index contributed by atoms with van der Waals surface area (Å²) in [6.07, 6.45) is 13.3. The van der Waals surface area contributed by atoms with E-state index in [4.69, 9.17) is 33.8 Å². The second-order valence-corrected chi connectivity index (χ2v) is 17.7. The van der Waals surface area contributed by atoms with Crippen LogP contribution < -0.4 is 14.5 Å². The predicted molar refractivity (Wildman–Crippen MR) is 251 cm³/mol. The van der Waals surface area contributed by atoms with Crippen LogP contribution in [0.3, 0.4) is 0 Å². The first-order chi connectivity index (χ1) is 31.3. The summed E-state index contributed by atoms with van der Waals surface area (Å²) in [6.45, 7) is 8.64. The summed E-state index contributed by atoms with van der Waals surface area (Å²) in [4.78, 5) is 42.6. The number of anilines is 1. The highest BCUT2D eigenvalue weighted by molar-refractivity contribution is 7.22. The molecule has 12 heteroatoms. The van der Waals surface area contributed by atoms with Crippen molar-refractivity contribution >= 4 is 50.8 Å². The number of thiazole rings is 1. The number of hydrazone groups is 1. The Bertz CT molecular complexity index is 2310. The summed E-state index contributed by atoms with van der Waals surface area (Å²) in [6, 6.07) is 29.0. The van der Waals surface area contributed by atoms with E-state index >= 15 is 0 Å². The van der Waals surface area contributed by atoms with E-state index in [1.165, 1.54) is 27.5 Å². The fourth-order valence-electron chi connectivity index (χ4n) is 8.16. The number of hydrogen-bond acceptors (Lipinski definition) is 12. The molecule has 64 heavy (non-hydrogen) atoms. The van der Waals surface area contributed by atoms with Crippen molar-refractivity contribution in [3.63, 3.8) is 0 Å². The van der Waals surface area contributed by atoms with Crippen LogP contribution in [0.2, 0.25) is 0 Å². The number of esters is 3. The molecule has 5 aromatic rings. The molecule has 0 N–H and O–H groups in total. The van der Waals surface area contributed by atoms with Gasteiger partial charge in [-0.25, -0.2) is 24.4 Å². The molecular weight excluding hydrogens is 827 g/mol. The van der Waals surface area contributed by atoms with Crippen molar-refractivity contribution in [1.29, 1.82) is 0 Å². The fraction of sp³-hybridized carbons (Fsp3) is 0.404. The van der Waals surface area contributed by atoms with E-state index < -0.39 is 5.97 Å². The Morgan fingerprint density at radius 1 is 0.734 bits per heavy atom. The first-order valence-corrected chi connectivity index (χ1v) is 23.5. The van der Waals surface area contributed by atoms with E-state index in [0.717, 1.165) is 93.3 Å². The first-order valence-electron chi connectivity index (χ1n) is 22.7. The van der Waals surface area contributed by atoms with E-state index in [1.807, 2.05) is 91.0 Å². The summed E-state index contributed by atoms with van der Waals surface area (Å²) in [7, 11) is 0. The molecule has 0 atom stereocenters. The summed E-state index contributed by atoms with van der Waals surface area (Å²) < 4.78 is 31.1. The van der Waals surface area contributed by atoms with E-state index in [9.17, 15) is 14.4 Å². The standard InChI is InChI=1S/C52H59N3O8S/c1-4-9-36-13-21-40(22-14-36)50(57)62-43-25-17-38(18-26-43)33-59-45-29-30-47(60-34-39-19-27-44(28-20-39)63-51(58)41-23-15-37(10-5-2)16-24-41)42(31-45)32-53-55(35-61-49(56)6-3)52-54-46-11-7-8-12-48(46)64-52/h6-8,11-16,21-24,29-32,38-39,43-44H,3-5,9-10,17-20,25-28,33-35H2,1-2H3/b53-32+. The zero-order valence-electron chi connectivity index (χ0n) is 37.0. The minimum absolute atomic E-state index is 0.110. The molecule has 0 radical (unpaired) electrons. The number of rotatable bonds is 20. The number of ether oxygens (including phenoxy) is 5. The summed E-state index contributed by atoms with van der Waals surface area (Å²) in [5.41, 5.74) is 5.11.